The highest BCUT2D eigenvalue weighted by Crippen LogP contribution is 2.28. The van der Waals surface area contributed by atoms with Gasteiger partial charge in [-0.3, -0.25) is 4.79 Å². The molecule has 2 rings (SSSR count). The van der Waals surface area contributed by atoms with Crippen molar-refractivity contribution < 1.29 is 4.79 Å². The molecule has 1 saturated heterocycles. The van der Waals surface area contributed by atoms with Crippen LogP contribution >= 0.6 is 0 Å². The highest BCUT2D eigenvalue weighted by molar-refractivity contribution is 5.77. The fourth-order valence-electron chi connectivity index (χ4n) is 3.61. The maximum absolute atomic E-state index is 12.5. The van der Waals surface area contributed by atoms with E-state index in [1.807, 2.05) is 0 Å². The van der Waals surface area contributed by atoms with Crippen LogP contribution in [-0.2, 0) is 4.79 Å². The second-order valence-corrected chi connectivity index (χ2v) is 6.56. The molecule has 4 nitrogen and oxygen atoms in total. The van der Waals surface area contributed by atoms with Crippen LogP contribution in [0.1, 0.15) is 44.9 Å². The monoisotopic (exact) mass is 267 g/mol. The molecule has 1 aliphatic carbocycles. The summed E-state index contributed by atoms with van der Waals surface area (Å²) in [5, 5.41) is 0. The molecular weight excluding hydrogens is 238 g/mol. The molecule has 0 aromatic rings. The summed E-state index contributed by atoms with van der Waals surface area (Å²) >= 11 is 0. The molecule has 1 heterocycles. The van der Waals surface area contributed by atoms with E-state index in [9.17, 15) is 4.79 Å². The first kappa shape index (κ1) is 14.8. The molecule has 110 valence electrons. The van der Waals surface area contributed by atoms with Crippen molar-refractivity contribution in [2.45, 2.75) is 57.0 Å². The zero-order valence-corrected chi connectivity index (χ0v) is 12.5. The first-order valence-electron chi connectivity index (χ1n) is 7.77. The van der Waals surface area contributed by atoms with Crippen molar-refractivity contribution in [2.24, 2.45) is 11.7 Å². The van der Waals surface area contributed by atoms with Crippen molar-refractivity contribution >= 4 is 5.91 Å². The van der Waals surface area contributed by atoms with E-state index in [0.29, 0.717) is 24.3 Å². The van der Waals surface area contributed by atoms with E-state index in [0.717, 1.165) is 38.8 Å². The molecule has 3 atom stereocenters. The van der Waals surface area contributed by atoms with Crippen molar-refractivity contribution in [3.63, 3.8) is 0 Å². The van der Waals surface area contributed by atoms with Gasteiger partial charge in [-0.15, -0.1) is 0 Å². The van der Waals surface area contributed by atoms with Gasteiger partial charge in [-0.1, -0.05) is 12.8 Å². The van der Waals surface area contributed by atoms with Crippen molar-refractivity contribution in [3.05, 3.63) is 0 Å². The number of carbonyl (C=O) groups is 1. The fraction of sp³-hybridized carbons (Fsp3) is 0.933. The highest BCUT2D eigenvalue weighted by Gasteiger charge is 2.32. The van der Waals surface area contributed by atoms with Crippen LogP contribution in [0.25, 0.3) is 0 Å². The Hall–Kier alpha value is -0.610. The lowest BCUT2D eigenvalue weighted by molar-refractivity contribution is -0.133. The van der Waals surface area contributed by atoms with Crippen LogP contribution in [0.3, 0.4) is 0 Å². The number of rotatable bonds is 4. The summed E-state index contributed by atoms with van der Waals surface area (Å²) in [5.41, 5.74) is 6.16. The second kappa shape index (κ2) is 6.71. The van der Waals surface area contributed by atoms with Crippen molar-refractivity contribution in [1.82, 2.24) is 9.80 Å². The Morgan fingerprint density at radius 2 is 1.95 bits per heavy atom. The Bertz CT molecular complexity index is 306. The van der Waals surface area contributed by atoms with Gasteiger partial charge in [0.1, 0.15) is 0 Å². The van der Waals surface area contributed by atoms with E-state index < -0.39 is 0 Å². The van der Waals surface area contributed by atoms with Gasteiger partial charge in [0.05, 0.1) is 0 Å². The van der Waals surface area contributed by atoms with Crippen LogP contribution < -0.4 is 5.73 Å². The molecule has 1 saturated carbocycles. The van der Waals surface area contributed by atoms with Gasteiger partial charge in [0.2, 0.25) is 5.91 Å². The molecule has 4 heteroatoms. The number of hydrogen-bond donors (Lipinski definition) is 1. The molecule has 3 unspecified atom stereocenters. The molecule has 0 radical (unpaired) electrons. The standard InChI is InChI=1S/C15H29N3O/c1-17(2)11-13-7-5-9-18(13)15(19)10-12-6-3-4-8-14(12)16/h12-14H,3-11,16H2,1-2H3. The quantitative estimate of drug-likeness (QED) is 0.838. The Kier molecular flexibility index (Phi) is 5.22. The van der Waals surface area contributed by atoms with E-state index in [2.05, 4.69) is 23.9 Å². The minimum absolute atomic E-state index is 0.243. The Morgan fingerprint density at radius 1 is 1.21 bits per heavy atom. The third-order valence-electron chi connectivity index (χ3n) is 4.68. The van der Waals surface area contributed by atoms with Crippen LogP contribution in [0.4, 0.5) is 0 Å². The number of carbonyl (C=O) groups excluding carboxylic acids is 1. The molecule has 2 N–H and O–H groups in total. The predicted octanol–water partition coefficient (Wildman–Crippen LogP) is 1.45. The summed E-state index contributed by atoms with van der Waals surface area (Å²) in [4.78, 5) is 16.8. The van der Waals surface area contributed by atoms with Crippen molar-refractivity contribution in [2.75, 3.05) is 27.2 Å². The first-order valence-corrected chi connectivity index (χ1v) is 7.77. The van der Waals surface area contributed by atoms with Gasteiger partial charge in [-0.25, -0.2) is 0 Å². The van der Waals surface area contributed by atoms with E-state index in [1.54, 1.807) is 0 Å². The average Bonchev–Trinajstić information content (AvgIpc) is 2.79. The Morgan fingerprint density at radius 3 is 2.63 bits per heavy atom. The summed E-state index contributed by atoms with van der Waals surface area (Å²) < 4.78 is 0. The van der Waals surface area contributed by atoms with E-state index in [1.165, 1.54) is 12.8 Å². The largest absolute Gasteiger partial charge is 0.338 e. The highest BCUT2D eigenvalue weighted by atomic mass is 16.2. The summed E-state index contributed by atoms with van der Waals surface area (Å²) in [6.45, 7) is 1.93. The normalized spacial score (nSPS) is 32.0. The van der Waals surface area contributed by atoms with Crippen LogP contribution in [0.15, 0.2) is 0 Å². The Labute approximate surface area is 117 Å². The van der Waals surface area contributed by atoms with Crippen LogP contribution in [0.2, 0.25) is 0 Å². The van der Waals surface area contributed by atoms with Crippen molar-refractivity contribution in [3.8, 4) is 0 Å². The SMILES string of the molecule is CN(C)CC1CCCN1C(=O)CC1CCCCC1N. The minimum Gasteiger partial charge on any atom is -0.338 e. The number of likely N-dealkylation sites (N-methyl/N-ethyl adjacent to an activating group) is 1. The number of amides is 1. The lowest BCUT2D eigenvalue weighted by Gasteiger charge is -2.32. The van der Waals surface area contributed by atoms with Gasteiger partial charge >= 0.3 is 0 Å². The molecule has 19 heavy (non-hydrogen) atoms. The zero-order chi connectivity index (χ0) is 13.8. The molecular formula is C15H29N3O. The summed E-state index contributed by atoms with van der Waals surface area (Å²) in [7, 11) is 4.16. The van der Waals surface area contributed by atoms with Crippen LogP contribution in [0.5, 0.6) is 0 Å². The number of nitrogens with two attached hydrogens (primary N) is 1. The van der Waals surface area contributed by atoms with Gasteiger partial charge in [-0.05, 0) is 45.7 Å². The number of likely N-dealkylation sites (tertiary alicyclic amines) is 1. The lowest BCUT2D eigenvalue weighted by atomic mass is 9.82. The van der Waals surface area contributed by atoms with E-state index in [-0.39, 0.29) is 6.04 Å². The maximum Gasteiger partial charge on any atom is 0.223 e. The third kappa shape index (κ3) is 3.93. The molecule has 2 aliphatic rings. The van der Waals surface area contributed by atoms with Gasteiger partial charge in [-0.2, -0.15) is 0 Å². The van der Waals surface area contributed by atoms with Gasteiger partial charge < -0.3 is 15.5 Å². The average molecular weight is 267 g/mol. The van der Waals surface area contributed by atoms with Crippen molar-refractivity contribution in [1.29, 1.82) is 0 Å². The maximum atomic E-state index is 12.5. The number of hydrogen-bond acceptors (Lipinski definition) is 3. The van der Waals surface area contributed by atoms with Crippen LogP contribution in [0, 0.1) is 5.92 Å². The molecule has 0 spiro atoms. The number of nitrogens with zero attached hydrogens (tertiary/aromatic N) is 2. The lowest BCUT2D eigenvalue weighted by Crippen LogP contribution is -2.44. The molecule has 0 aromatic carbocycles. The smallest absolute Gasteiger partial charge is 0.223 e. The molecule has 1 amide bonds. The van der Waals surface area contributed by atoms with Gasteiger partial charge in [0, 0.05) is 31.6 Å². The zero-order valence-electron chi connectivity index (χ0n) is 12.5. The molecule has 1 aliphatic heterocycles. The van der Waals surface area contributed by atoms with Gasteiger partial charge in [0.15, 0.2) is 0 Å². The first-order chi connectivity index (χ1) is 9.08. The predicted molar refractivity (Wildman–Crippen MR) is 77.8 cm³/mol. The van der Waals surface area contributed by atoms with Gasteiger partial charge in [0.25, 0.3) is 0 Å². The summed E-state index contributed by atoms with van der Waals surface area (Å²) in [6.07, 6.45) is 7.69. The molecule has 0 bridgehead atoms. The second-order valence-electron chi connectivity index (χ2n) is 6.56. The minimum atomic E-state index is 0.243. The third-order valence-corrected chi connectivity index (χ3v) is 4.68. The topological polar surface area (TPSA) is 49.6 Å². The summed E-state index contributed by atoms with van der Waals surface area (Å²) in [6, 6.07) is 0.662. The van der Waals surface area contributed by atoms with E-state index >= 15 is 0 Å². The van der Waals surface area contributed by atoms with E-state index in [4.69, 9.17) is 5.73 Å². The molecule has 2 fully saturated rings. The summed E-state index contributed by atoms with van der Waals surface area (Å²) in [5.74, 6) is 0.758. The Balaban J connectivity index is 1.87. The van der Waals surface area contributed by atoms with Crippen LogP contribution in [-0.4, -0.2) is 55.0 Å². The fourth-order valence-corrected chi connectivity index (χ4v) is 3.61. The molecule has 0 aromatic heterocycles.